The van der Waals surface area contributed by atoms with Crippen molar-refractivity contribution in [2.45, 2.75) is 44.6 Å². The topological polar surface area (TPSA) is 20.3 Å². The first-order chi connectivity index (χ1) is 11.6. The van der Waals surface area contributed by atoms with Crippen LogP contribution in [0.4, 0.5) is 0 Å². The molecule has 4 heteroatoms. The zero-order chi connectivity index (χ0) is 16.5. The van der Waals surface area contributed by atoms with Gasteiger partial charge in [0.25, 0.3) is 0 Å². The molecular weight excluding hydrogens is 338 g/mol. The van der Waals surface area contributed by atoms with Gasteiger partial charge in [0.05, 0.1) is 14.6 Å². The number of rotatable bonds is 3. The van der Waals surface area contributed by atoms with E-state index in [9.17, 15) is 4.79 Å². The van der Waals surface area contributed by atoms with Gasteiger partial charge in [0.1, 0.15) is 0 Å². The van der Waals surface area contributed by atoms with Gasteiger partial charge in [0.2, 0.25) is 0 Å². The van der Waals surface area contributed by atoms with E-state index < -0.39 is 0 Å². The lowest BCUT2D eigenvalue weighted by Gasteiger charge is -2.52. The summed E-state index contributed by atoms with van der Waals surface area (Å²) in [5.41, 5.74) is 1.47. The summed E-state index contributed by atoms with van der Waals surface area (Å²) in [6, 6.07) is 6.17. The van der Waals surface area contributed by atoms with E-state index in [1.54, 1.807) is 11.3 Å². The quantitative estimate of drug-likeness (QED) is 0.692. The third-order valence-corrected chi connectivity index (χ3v) is 8.50. The molecule has 1 aliphatic carbocycles. The number of ketones is 1. The van der Waals surface area contributed by atoms with Crippen molar-refractivity contribution in [3.63, 3.8) is 0 Å². The van der Waals surface area contributed by atoms with E-state index in [4.69, 9.17) is 11.6 Å². The molecule has 2 bridgehead atoms. The highest BCUT2D eigenvalue weighted by Crippen LogP contribution is 2.58. The largest absolute Gasteiger partial charge is 0.297 e. The summed E-state index contributed by atoms with van der Waals surface area (Å²) in [5.74, 6) is 1.67. The summed E-state index contributed by atoms with van der Waals surface area (Å²) < 4.78 is 1.06. The van der Waals surface area contributed by atoms with Crippen LogP contribution in [0.2, 0.25) is 5.02 Å². The van der Waals surface area contributed by atoms with Gasteiger partial charge in [-0.2, -0.15) is 0 Å². The zero-order valence-corrected chi connectivity index (χ0v) is 15.6. The van der Waals surface area contributed by atoms with Gasteiger partial charge >= 0.3 is 0 Å². The summed E-state index contributed by atoms with van der Waals surface area (Å²) in [7, 11) is 0. The molecule has 2 nitrogen and oxygen atoms in total. The summed E-state index contributed by atoms with van der Waals surface area (Å²) in [4.78, 5) is 16.6. The lowest BCUT2D eigenvalue weighted by Crippen LogP contribution is -2.57. The lowest BCUT2D eigenvalue weighted by molar-refractivity contribution is -0.0273. The number of carbonyl (C=O) groups excluding carboxylic acids is 1. The minimum atomic E-state index is 0.329. The molecule has 1 spiro atoms. The molecule has 3 saturated heterocycles. The third kappa shape index (κ3) is 2.14. The molecule has 6 rings (SSSR count). The smallest absolute Gasteiger partial charge is 0.173 e. The molecule has 4 fully saturated rings. The van der Waals surface area contributed by atoms with Gasteiger partial charge in [0.15, 0.2) is 5.78 Å². The Labute approximate surface area is 151 Å². The first-order valence-corrected chi connectivity index (χ1v) is 10.2. The van der Waals surface area contributed by atoms with E-state index >= 15 is 0 Å². The Bertz CT molecular complexity index is 830. The van der Waals surface area contributed by atoms with Crippen LogP contribution in [0, 0.1) is 18.8 Å². The van der Waals surface area contributed by atoms with Crippen molar-refractivity contribution in [3.8, 4) is 0 Å². The van der Waals surface area contributed by atoms with Crippen LogP contribution in [0.25, 0.3) is 10.1 Å². The number of carbonyl (C=O) groups is 1. The predicted molar refractivity (Wildman–Crippen MR) is 100 cm³/mol. The van der Waals surface area contributed by atoms with Crippen molar-refractivity contribution in [1.82, 2.24) is 4.90 Å². The maximum Gasteiger partial charge on any atom is 0.173 e. The Morgan fingerprint density at radius 1 is 1.33 bits per heavy atom. The summed E-state index contributed by atoms with van der Waals surface area (Å²) >= 11 is 8.02. The number of halogens is 1. The average Bonchev–Trinajstić information content (AvgIpc) is 3.24. The number of benzene rings is 1. The van der Waals surface area contributed by atoms with Crippen LogP contribution in [0.15, 0.2) is 18.2 Å². The van der Waals surface area contributed by atoms with Crippen molar-refractivity contribution < 1.29 is 4.79 Å². The molecule has 1 aromatic carbocycles. The van der Waals surface area contributed by atoms with E-state index in [1.807, 2.05) is 13.0 Å². The molecular formula is C20H22ClNOS. The number of hydrogen-bond donors (Lipinski definition) is 0. The summed E-state index contributed by atoms with van der Waals surface area (Å²) in [5, 5.41) is 1.91. The maximum atomic E-state index is 13.0. The molecule has 0 unspecified atom stereocenters. The fourth-order valence-electron chi connectivity index (χ4n) is 5.20. The zero-order valence-electron chi connectivity index (χ0n) is 14.0. The SMILES string of the molecule is Cc1ccc2cc(C(=O)C[C@@H]3C4CCN(CC4)C34CC4)sc2c1Cl. The number of Topliss-reactive ketones (excluding diaryl/α,β-unsaturated/α-hetero) is 1. The number of hydrogen-bond acceptors (Lipinski definition) is 3. The minimum absolute atomic E-state index is 0.329. The number of thiophene rings is 1. The van der Waals surface area contributed by atoms with E-state index in [0.717, 1.165) is 37.9 Å². The Morgan fingerprint density at radius 2 is 2.08 bits per heavy atom. The van der Waals surface area contributed by atoms with E-state index in [0.29, 0.717) is 17.2 Å². The van der Waals surface area contributed by atoms with Gasteiger partial charge in [-0.15, -0.1) is 11.3 Å². The van der Waals surface area contributed by atoms with Gasteiger partial charge < -0.3 is 0 Å². The molecule has 4 heterocycles. The van der Waals surface area contributed by atoms with Crippen molar-refractivity contribution >= 4 is 38.8 Å². The highest BCUT2D eigenvalue weighted by Gasteiger charge is 2.60. The fourth-order valence-corrected chi connectivity index (χ4v) is 6.58. The second-order valence-corrected chi connectivity index (χ2v) is 9.32. The summed E-state index contributed by atoms with van der Waals surface area (Å²) in [6.45, 7) is 4.54. The second-order valence-electron chi connectivity index (χ2n) is 7.89. The molecule has 1 aromatic heterocycles. The van der Waals surface area contributed by atoms with Crippen molar-refractivity contribution in [2.24, 2.45) is 11.8 Å². The number of nitrogens with zero attached hydrogens (tertiary/aromatic N) is 1. The average molecular weight is 360 g/mol. The van der Waals surface area contributed by atoms with E-state index in [1.165, 1.54) is 38.8 Å². The standard InChI is InChI=1S/C20H22ClNOS/c1-12-2-3-14-10-17(24-19(14)18(12)21)16(23)11-15-13-4-8-22(9-5-13)20(15)6-7-20/h2-3,10,13,15H,4-9,11H2,1H3/t15-/m1/s1. The molecule has 0 N–H and O–H groups in total. The number of fused-ring (bicyclic) bond motifs is 3. The molecule has 24 heavy (non-hydrogen) atoms. The van der Waals surface area contributed by atoms with E-state index in [-0.39, 0.29) is 0 Å². The first kappa shape index (κ1) is 15.4. The first-order valence-electron chi connectivity index (χ1n) is 9.05. The Balaban J connectivity index is 1.44. The van der Waals surface area contributed by atoms with Crippen molar-refractivity contribution in [1.29, 1.82) is 0 Å². The molecule has 126 valence electrons. The molecule has 0 radical (unpaired) electrons. The Kier molecular flexibility index (Phi) is 3.39. The molecule has 1 saturated carbocycles. The van der Waals surface area contributed by atoms with E-state index in [2.05, 4.69) is 17.0 Å². The monoisotopic (exact) mass is 359 g/mol. The van der Waals surface area contributed by atoms with Crippen LogP contribution in [0.1, 0.15) is 47.3 Å². The highest BCUT2D eigenvalue weighted by molar-refractivity contribution is 7.21. The third-order valence-electron chi connectivity index (χ3n) is 6.69. The Hall–Kier alpha value is -0.900. The van der Waals surface area contributed by atoms with Gasteiger partial charge in [-0.05, 0) is 74.5 Å². The molecule has 4 aliphatic rings. The van der Waals surface area contributed by atoms with Gasteiger partial charge in [-0.3, -0.25) is 9.69 Å². The maximum absolute atomic E-state index is 13.0. The van der Waals surface area contributed by atoms with Crippen LogP contribution < -0.4 is 0 Å². The van der Waals surface area contributed by atoms with Crippen LogP contribution in [-0.2, 0) is 0 Å². The van der Waals surface area contributed by atoms with Crippen LogP contribution in [-0.4, -0.2) is 29.3 Å². The molecule has 2 aromatic rings. The van der Waals surface area contributed by atoms with Crippen molar-refractivity contribution in [2.75, 3.05) is 13.1 Å². The van der Waals surface area contributed by atoms with Crippen LogP contribution in [0.3, 0.4) is 0 Å². The Morgan fingerprint density at radius 3 is 2.79 bits per heavy atom. The lowest BCUT2D eigenvalue weighted by atomic mass is 9.70. The molecule has 0 amide bonds. The number of aryl methyl sites for hydroxylation is 1. The van der Waals surface area contributed by atoms with Gasteiger partial charge in [0, 0.05) is 12.0 Å². The molecule has 3 aliphatic heterocycles. The summed E-state index contributed by atoms with van der Waals surface area (Å²) in [6.07, 6.45) is 5.91. The van der Waals surface area contributed by atoms with Gasteiger partial charge in [-0.1, -0.05) is 23.7 Å². The normalized spacial score (nSPS) is 30.2. The highest BCUT2D eigenvalue weighted by atomic mass is 35.5. The second kappa shape index (κ2) is 5.30. The fraction of sp³-hybridized carbons (Fsp3) is 0.550. The number of piperidine rings is 3. The van der Waals surface area contributed by atoms with Gasteiger partial charge in [-0.25, -0.2) is 0 Å². The predicted octanol–water partition coefficient (Wildman–Crippen LogP) is 5.31. The van der Waals surface area contributed by atoms with Crippen LogP contribution >= 0.6 is 22.9 Å². The molecule has 1 atom stereocenters. The minimum Gasteiger partial charge on any atom is -0.297 e. The van der Waals surface area contributed by atoms with Crippen molar-refractivity contribution in [3.05, 3.63) is 33.7 Å². The van der Waals surface area contributed by atoms with Crippen LogP contribution in [0.5, 0.6) is 0 Å².